The summed E-state index contributed by atoms with van der Waals surface area (Å²) in [6.45, 7) is 3.35. The summed E-state index contributed by atoms with van der Waals surface area (Å²) in [7, 11) is 0. The summed E-state index contributed by atoms with van der Waals surface area (Å²) in [6, 6.07) is -1.66. The molecule has 2 aliphatic rings. The zero-order valence-electron chi connectivity index (χ0n) is 17.1. The number of aromatic nitrogens is 2. The van der Waals surface area contributed by atoms with Crippen LogP contribution in [0.2, 0.25) is 0 Å². The fourth-order valence-electron chi connectivity index (χ4n) is 4.17. The van der Waals surface area contributed by atoms with E-state index in [9.17, 15) is 14.4 Å². The maximum absolute atomic E-state index is 13.3. The van der Waals surface area contributed by atoms with Gasteiger partial charge in [-0.3, -0.25) is 14.4 Å². The minimum Gasteiger partial charge on any atom is -0.368 e. The van der Waals surface area contributed by atoms with Gasteiger partial charge in [-0.15, -0.1) is 0 Å². The van der Waals surface area contributed by atoms with Gasteiger partial charge in [0.2, 0.25) is 17.7 Å². The Hall–Kier alpha value is -2.42. The number of primary amides is 1. The van der Waals surface area contributed by atoms with Crippen LogP contribution in [-0.4, -0.2) is 63.8 Å². The van der Waals surface area contributed by atoms with Crippen molar-refractivity contribution >= 4 is 17.7 Å². The topological polar surface area (TPSA) is 133 Å². The highest BCUT2D eigenvalue weighted by molar-refractivity contribution is 5.93. The van der Waals surface area contributed by atoms with Crippen molar-refractivity contribution < 1.29 is 14.4 Å². The number of nitrogens with one attached hydrogen (secondary N) is 3. The van der Waals surface area contributed by atoms with Crippen LogP contribution < -0.4 is 16.4 Å². The first-order valence-electron chi connectivity index (χ1n) is 10.7. The molecule has 0 radical (unpaired) electrons. The molecule has 9 heteroatoms. The molecule has 2 aliphatic heterocycles. The number of aryl methyl sites for hydroxylation is 1. The first kappa shape index (κ1) is 21.3. The van der Waals surface area contributed by atoms with Crippen molar-refractivity contribution in [1.82, 2.24) is 25.5 Å². The monoisotopic (exact) mass is 404 g/mol. The number of piperidine rings is 1. The molecule has 1 aromatic heterocycles. The van der Waals surface area contributed by atoms with Crippen molar-refractivity contribution in [3.05, 3.63) is 17.7 Å². The summed E-state index contributed by atoms with van der Waals surface area (Å²) >= 11 is 0. The summed E-state index contributed by atoms with van der Waals surface area (Å²) in [4.78, 5) is 46.9. The molecule has 3 atom stereocenters. The summed E-state index contributed by atoms with van der Waals surface area (Å²) in [6.07, 6.45) is 7.90. The Morgan fingerprint density at radius 1 is 1.31 bits per heavy atom. The van der Waals surface area contributed by atoms with Gasteiger partial charge in [0.05, 0.1) is 6.04 Å². The average Bonchev–Trinajstić information content (AvgIpc) is 3.37. The number of amides is 3. The van der Waals surface area contributed by atoms with Crippen molar-refractivity contribution in [2.75, 3.05) is 13.1 Å². The third-order valence-electron chi connectivity index (χ3n) is 5.70. The lowest BCUT2D eigenvalue weighted by Crippen LogP contribution is -2.57. The molecule has 9 nitrogen and oxygen atoms in total. The average molecular weight is 405 g/mol. The number of nitrogens with two attached hydrogens (primary N) is 1. The van der Waals surface area contributed by atoms with Gasteiger partial charge in [0, 0.05) is 31.3 Å². The molecule has 0 unspecified atom stereocenters. The fraction of sp³-hybridized carbons (Fsp3) is 0.700. The Kier molecular flexibility index (Phi) is 7.24. The molecule has 5 N–H and O–H groups in total. The molecule has 0 aromatic carbocycles. The van der Waals surface area contributed by atoms with E-state index in [1.54, 1.807) is 6.20 Å². The number of H-pyrrole nitrogens is 1. The van der Waals surface area contributed by atoms with Gasteiger partial charge in [0.25, 0.3) is 0 Å². The van der Waals surface area contributed by atoms with Crippen LogP contribution in [0.3, 0.4) is 0 Å². The highest BCUT2D eigenvalue weighted by Crippen LogP contribution is 2.19. The number of nitrogens with zero attached hydrogens (tertiary/aromatic N) is 2. The highest BCUT2D eigenvalue weighted by Gasteiger charge is 2.37. The predicted octanol–water partition coefficient (Wildman–Crippen LogP) is 0.00790. The summed E-state index contributed by atoms with van der Waals surface area (Å²) < 4.78 is 0. The molecule has 0 aliphatic carbocycles. The Morgan fingerprint density at radius 3 is 2.83 bits per heavy atom. The number of imidazole rings is 1. The van der Waals surface area contributed by atoms with E-state index in [0.717, 1.165) is 56.6 Å². The Morgan fingerprint density at radius 2 is 2.14 bits per heavy atom. The SMILES string of the molecule is CCCc1ncc(C[C@H](NC(=O)[C@H]2CCCCN2)C(=O)N2CCC[C@H]2C(N)=O)[nH]1. The van der Waals surface area contributed by atoms with E-state index in [2.05, 4.69) is 27.5 Å². The molecule has 1 aromatic rings. The molecule has 3 heterocycles. The Labute approximate surface area is 171 Å². The molecule has 3 rings (SSSR count). The molecular formula is C20H32N6O3. The zero-order valence-corrected chi connectivity index (χ0v) is 17.1. The normalized spacial score (nSPS) is 23.0. The van der Waals surface area contributed by atoms with Crippen molar-refractivity contribution in [3.8, 4) is 0 Å². The molecule has 3 amide bonds. The third kappa shape index (κ3) is 5.35. The second kappa shape index (κ2) is 9.87. The number of rotatable bonds is 8. The van der Waals surface area contributed by atoms with Gasteiger partial charge < -0.3 is 26.3 Å². The van der Waals surface area contributed by atoms with Crippen molar-refractivity contribution in [1.29, 1.82) is 0 Å². The second-order valence-electron chi connectivity index (χ2n) is 7.96. The first-order chi connectivity index (χ1) is 14.0. The van der Waals surface area contributed by atoms with E-state index < -0.39 is 18.0 Å². The van der Waals surface area contributed by atoms with E-state index in [0.29, 0.717) is 19.4 Å². The summed E-state index contributed by atoms with van der Waals surface area (Å²) in [5.41, 5.74) is 6.28. The van der Waals surface area contributed by atoms with E-state index >= 15 is 0 Å². The third-order valence-corrected chi connectivity index (χ3v) is 5.70. The minimum absolute atomic E-state index is 0.175. The number of carbonyl (C=O) groups excluding carboxylic acids is 3. The van der Waals surface area contributed by atoms with Gasteiger partial charge in [-0.25, -0.2) is 4.98 Å². The molecule has 29 heavy (non-hydrogen) atoms. The lowest BCUT2D eigenvalue weighted by molar-refractivity contribution is -0.140. The van der Waals surface area contributed by atoms with Crippen molar-refractivity contribution in [2.45, 2.75) is 76.4 Å². The highest BCUT2D eigenvalue weighted by atomic mass is 16.2. The molecule has 0 spiro atoms. The van der Waals surface area contributed by atoms with Crippen LogP contribution in [-0.2, 0) is 27.2 Å². The number of carbonyl (C=O) groups is 3. The van der Waals surface area contributed by atoms with E-state index in [1.165, 1.54) is 4.90 Å². The van der Waals surface area contributed by atoms with E-state index in [-0.39, 0.29) is 17.9 Å². The van der Waals surface area contributed by atoms with Gasteiger partial charge in [0.1, 0.15) is 17.9 Å². The number of hydrogen-bond acceptors (Lipinski definition) is 5. The van der Waals surface area contributed by atoms with Crippen LogP contribution in [0.1, 0.15) is 57.0 Å². The second-order valence-corrected chi connectivity index (χ2v) is 7.96. The smallest absolute Gasteiger partial charge is 0.246 e. The Balaban J connectivity index is 1.75. The first-order valence-corrected chi connectivity index (χ1v) is 10.7. The van der Waals surface area contributed by atoms with E-state index in [1.807, 2.05) is 0 Å². The minimum atomic E-state index is -0.763. The van der Waals surface area contributed by atoms with Crippen molar-refractivity contribution in [2.24, 2.45) is 5.73 Å². The Bertz CT molecular complexity index is 728. The molecule has 2 fully saturated rings. The molecule has 160 valence electrons. The van der Waals surface area contributed by atoms with Crippen LogP contribution >= 0.6 is 0 Å². The maximum atomic E-state index is 13.3. The van der Waals surface area contributed by atoms with Gasteiger partial charge in [-0.05, 0) is 38.6 Å². The number of likely N-dealkylation sites (tertiary alicyclic amines) is 1. The number of hydrogen-bond donors (Lipinski definition) is 4. The van der Waals surface area contributed by atoms with Gasteiger partial charge >= 0.3 is 0 Å². The van der Waals surface area contributed by atoms with Crippen LogP contribution in [0, 0.1) is 0 Å². The van der Waals surface area contributed by atoms with Gasteiger partial charge in [-0.1, -0.05) is 13.3 Å². The summed E-state index contributed by atoms with van der Waals surface area (Å²) in [5.74, 6) is -0.0694. The largest absolute Gasteiger partial charge is 0.368 e. The molecule has 0 bridgehead atoms. The molecule has 2 saturated heterocycles. The van der Waals surface area contributed by atoms with Gasteiger partial charge in [-0.2, -0.15) is 0 Å². The molecular weight excluding hydrogens is 372 g/mol. The van der Waals surface area contributed by atoms with Crippen LogP contribution in [0.4, 0.5) is 0 Å². The lowest BCUT2D eigenvalue weighted by atomic mass is 10.0. The molecule has 0 saturated carbocycles. The van der Waals surface area contributed by atoms with Crippen LogP contribution in [0.25, 0.3) is 0 Å². The van der Waals surface area contributed by atoms with Crippen LogP contribution in [0.15, 0.2) is 6.20 Å². The van der Waals surface area contributed by atoms with Gasteiger partial charge in [0.15, 0.2) is 0 Å². The lowest BCUT2D eigenvalue weighted by Gasteiger charge is -2.29. The van der Waals surface area contributed by atoms with E-state index in [4.69, 9.17) is 5.73 Å². The quantitative estimate of drug-likeness (QED) is 0.484. The zero-order chi connectivity index (χ0) is 20.8. The van der Waals surface area contributed by atoms with Crippen molar-refractivity contribution in [3.63, 3.8) is 0 Å². The predicted molar refractivity (Wildman–Crippen MR) is 108 cm³/mol. The van der Waals surface area contributed by atoms with Crippen LogP contribution in [0.5, 0.6) is 0 Å². The standard InChI is InChI=1S/C20H32N6O3/c1-2-6-17-23-12-13(24-17)11-15(25-19(28)14-7-3-4-9-22-14)20(29)26-10-5-8-16(26)18(21)27/h12,14-16,22H,2-11H2,1H3,(H2,21,27)(H,23,24)(H,25,28)/t14-,15+,16+/m1/s1. The summed E-state index contributed by atoms with van der Waals surface area (Å²) in [5, 5.41) is 6.13. The fourth-order valence-corrected chi connectivity index (χ4v) is 4.17. The number of aromatic amines is 1. The maximum Gasteiger partial charge on any atom is 0.246 e.